The summed E-state index contributed by atoms with van der Waals surface area (Å²) in [5, 5.41) is 9.66. The summed E-state index contributed by atoms with van der Waals surface area (Å²) in [7, 11) is 3.91. The van der Waals surface area contributed by atoms with Gasteiger partial charge in [0.25, 0.3) is 0 Å². The summed E-state index contributed by atoms with van der Waals surface area (Å²) >= 11 is 0. The fraction of sp³-hybridized carbons (Fsp3) is 0.917. The van der Waals surface area contributed by atoms with Crippen LogP contribution in [-0.4, -0.2) is 65.9 Å². The van der Waals surface area contributed by atoms with Crippen molar-refractivity contribution in [1.29, 1.82) is 0 Å². The van der Waals surface area contributed by atoms with Gasteiger partial charge in [0.05, 0.1) is 18.7 Å². The molecule has 0 radical (unpaired) electrons. The standard InChI is InChI=1S/C12H24N2O3/c1-12(2,3)17-11(16)14-8-10(15)6-9(14)7-13(4)5/h9-10,15H,6-8H2,1-5H3/t9-,10+/m0/s1. The van der Waals surface area contributed by atoms with Gasteiger partial charge < -0.3 is 19.6 Å². The number of aliphatic hydroxyl groups is 1. The first kappa shape index (κ1) is 14.3. The predicted octanol–water partition coefficient (Wildman–Crippen LogP) is 0.918. The quantitative estimate of drug-likeness (QED) is 0.785. The maximum atomic E-state index is 12.0. The number of ether oxygens (including phenoxy) is 1. The molecule has 100 valence electrons. The average Bonchev–Trinajstić information content (AvgIpc) is 2.42. The molecule has 0 bridgehead atoms. The van der Waals surface area contributed by atoms with Gasteiger partial charge >= 0.3 is 6.09 Å². The Morgan fingerprint density at radius 3 is 2.53 bits per heavy atom. The van der Waals surface area contributed by atoms with E-state index in [0.717, 1.165) is 6.54 Å². The molecule has 0 spiro atoms. The molecule has 1 rings (SSSR count). The molecule has 0 aromatic rings. The first-order valence-electron chi connectivity index (χ1n) is 6.01. The van der Waals surface area contributed by atoms with Crippen molar-refractivity contribution in [1.82, 2.24) is 9.80 Å². The smallest absolute Gasteiger partial charge is 0.410 e. The number of likely N-dealkylation sites (tertiary alicyclic amines) is 1. The van der Waals surface area contributed by atoms with Crippen molar-refractivity contribution in [2.24, 2.45) is 0 Å². The highest BCUT2D eigenvalue weighted by Crippen LogP contribution is 2.21. The second kappa shape index (κ2) is 5.23. The predicted molar refractivity (Wildman–Crippen MR) is 65.9 cm³/mol. The molecular formula is C12H24N2O3. The minimum absolute atomic E-state index is 0.0369. The van der Waals surface area contributed by atoms with Gasteiger partial charge in [-0.2, -0.15) is 0 Å². The maximum Gasteiger partial charge on any atom is 0.410 e. The molecule has 17 heavy (non-hydrogen) atoms. The monoisotopic (exact) mass is 244 g/mol. The van der Waals surface area contributed by atoms with E-state index in [1.807, 2.05) is 39.8 Å². The Labute approximate surface area is 103 Å². The van der Waals surface area contributed by atoms with Crippen LogP contribution in [-0.2, 0) is 4.74 Å². The van der Waals surface area contributed by atoms with Crippen molar-refractivity contribution in [2.45, 2.75) is 44.9 Å². The SMILES string of the molecule is CN(C)C[C@@H]1C[C@@H](O)CN1C(=O)OC(C)(C)C. The van der Waals surface area contributed by atoms with Crippen LogP contribution in [0.15, 0.2) is 0 Å². The van der Waals surface area contributed by atoms with Gasteiger partial charge in [-0.3, -0.25) is 0 Å². The summed E-state index contributed by atoms with van der Waals surface area (Å²) in [6, 6.07) is 0.0369. The summed E-state index contributed by atoms with van der Waals surface area (Å²) in [6.45, 7) is 6.65. The van der Waals surface area contributed by atoms with Gasteiger partial charge in [0.1, 0.15) is 5.60 Å². The second-order valence-corrected chi connectivity index (χ2v) is 5.94. The van der Waals surface area contributed by atoms with Crippen LogP contribution in [0.5, 0.6) is 0 Å². The first-order valence-corrected chi connectivity index (χ1v) is 6.01. The largest absolute Gasteiger partial charge is 0.444 e. The van der Waals surface area contributed by atoms with E-state index in [4.69, 9.17) is 4.74 Å². The van der Waals surface area contributed by atoms with Crippen LogP contribution in [0.1, 0.15) is 27.2 Å². The Hall–Kier alpha value is -0.810. The summed E-state index contributed by atoms with van der Waals surface area (Å²) in [6.07, 6.45) is -0.148. The molecule has 1 fully saturated rings. The number of hydrogen-bond donors (Lipinski definition) is 1. The van der Waals surface area contributed by atoms with Gasteiger partial charge in [-0.1, -0.05) is 0 Å². The van der Waals surface area contributed by atoms with Gasteiger partial charge in [0.2, 0.25) is 0 Å². The number of nitrogens with zero attached hydrogens (tertiary/aromatic N) is 2. The van der Waals surface area contributed by atoms with Crippen LogP contribution in [0.25, 0.3) is 0 Å². The minimum atomic E-state index is -0.493. The molecule has 0 saturated carbocycles. The van der Waals surface area contributed by atoms with Crippen molar-refractivity contribution in [3.8, 4) is 0 Å². The molecule has 0 aromatic carbocycles. The number of amides is 1. The molecule has 5 nitrogen and oxygen atoms in total. The van der Waals surface area contributed by atoms with E-state index >= 15 is 0 Å². The summed E-state index contributed by atoms with van der Waals surface area (Å²) in [4.78, 5) is 15.6. The number of aliphatic hydroxyl groups excluding tert-OH is 1. The maximum absolute atomic E-state index is 12.0. The molecule has 1 aliphatic rings. The molecule has 0 unspecified atom stereocenters. The summed E-state index contributed by atoms with van der Waals surface area (Å²) < 4.78 is 5.34. The molecule has 1 saturated heterocycles. The molecule has 2 atom stereocenters. The van der Waals surface area contributed by atoms with Crippen LogP contribution in [0.3, 0.4) is 0 Å². The molecule has 1 aliphatic heterocycles. The molecule has 0 aliphatic carbocycles. The van der Waals surface area contributed by atoms with Crippen LogP contribution in [0.2, 0.25) is 0 Å². The third kappa shape index (κ3) is 4.52. The molecule has 0 aromatic heterocycles. The van der Waals surface area contributed by atoms with Crippen LogP contribution >= 0.6 is 0 Å². The molecule has 1 heterocycles. The van der Waals surface area contributed by atoms with Crippen LogP contribution in [0.4, 0.5) is 4.79 Å². The fourth-order valence-corrected chi connectivity index (χ4v) is 2.03. The Morgan fingerprint density at radius 2 is 2.06 bits per heavy atom. The van der Waals surface area contributed by atoms with Crippen LogP contribution < -0.4 is 0 Å². The zero-order valence-electron chi connectivity index (χ0n) is 11.4. The lowest BCUT2D eigenvalue weighted by Crippen LogP contribution is -2.44. The van der Waals surface area contributed by atoms with Crippen LogP contribution in [0, 0.1) is 0 Å². The number of β-amino-alcohol motifs (C(OH)–C–C–N with tert-alkyl or cyclic N) is 1. The van der Waals surface area contributed by atoms with E-state index in [2.05, 4.69) is 0 Å². The number of rotatable bonds is 2. The Morgan fingerprint density at radius 1 is 1.47 bits per heavy atom. The van der Waals surface area contributed by atoms with Crippen molar-refractivity contribution >= 4 is 6.09 Å². The zero-order valence-corrected chi connectivity index (χ0v) is 11.4. The highest BCUT2D eigenvalue weighted by Gasteiger charge is 2.36. The Kier molecular flexibility index (Phi) is 4.38. The number of carbonyl (C=O) groups excluding carboxylic acids is 1. The first-order chi connectivity index (χ1) is 7.69. The second-order valence-electron chi connectivity index (χ2n) is 5.94. The molecule has 1 amide bonds. The highest BCUT2D eigenvalue weighted by atomic mass is 16.6. The third-order valence-electron chi connectivity index (χ3n) is 2.60. The lowest BCUT2D eigenvalue weighted by Gasteiger charge is -2.29. The molecule has 1 N–H and O–H groups in total. The zero-order chi connectivity index (χ0) is 13.2. The van der Waals surface area contributed by atoms with Gasteiger partial charge in [0.15, 0.2) is 0 Å². The van der Waals surface area contributed by atoms with E-state index in [-0.39, 0.29) is 12.1 Å². The number of carbonyl (C=O) groups is 1. The normalized spacial score (nSPS) is 25.5. The number of hydrogen-bond acceptors (Lipinski definition) is 4. The molecule has 5 heteroatoms. The van der Waals surface area contributed by atoms with E-state index < -0.39 is 11.7 Å². The van der Waals surface area contributed by atoms with E-state index in [9.17, 15) is 9.90 Å². The van der Waals surface area contributed by atoms with Gasteiger partial charge in [0, 0.05) is 6.54 Å². The Balaban J connectivity index is 2.63. The average molecular weight is 244 g/mol. The van der Waals surface area contributed by atoms with Gasteiger partial charge in [-0.15, -0.1) is 0 Å². The van der Waals surface area contributed by atoms with Crippen molar-refractivity contribution in [3.63, 3.8) is 0 Å². The Bertz CT molecular complexity index is 273. The lowest BCUT2D eigenvalue weighted by molar-refractivity contribution is 0.0192. The minimum Gasteiger partial charge on any atom is -0.444 e. The van der Waals surface area contributed by atoms with Crippen molar-refractivity contribution in [2.75, 3.05) is 27.2 Å². The van der Waals surface area contributed by atoms with Crippen molar-refractivity contribution < 1.29 is 14.6 Å². The summed E-state index contributed by atoms with van der Waals surface area (Å²) in [5.41, 5.74) is -0.493. The topological polar surface area (TPSA) is 53.0 Å². The van der Waals surface area contributed by atoms with E-state index in [1.165, 1.54) is 0 Å². The van der Waals surface area contributed by atoms with Gasteiger partial charge in [-0.05, 0) is 41.3 Å². The number of likely N-dealkylation sites (N-methyl/N-ethyl adjacent to an activating group) is 1. The molecular weight excluding hydrogens is 220 g/mol. The van der Waals surface area contributed by atoms with E-state index in [0.29, 0.717) is 13.0 Å². The highest BCUT2D eigenvalue weighted by molar-refractivity contribution is 5.69. The fourth-order valence-electron chi connectivity index (χ4n) is 2.03. The lowest BCUT2D eigenvalue weighted by atomic mass is 10.2. The van der Waals surface area contributed by atoms with Gasteiger partial charge in [-0.25, -0.2) is 4.79 Å². The van der Waals surface area contributed by atoms with E-state index in [1.54, 1.807) is 4.90 Å². The van der Waals surface area contributed by atoms with Crippen molar-refractivity contribution in [3.05, 3.63) is 0 Å². The third-order valence-corrected chi connectivity index (χ3v) is 2.60. The summed E-state index contributed by atoms with van der Waals surface area (Å²) in [5.74, 6) is 0.